The molecule has 1 amide bonds. The zero-order valence-corrected chi connectivity index (χ0v) is 11.5. The van der Waals surface area contributed by atoms with Crippen LogP contribution in [0, 0.1) is 0 Å². The number of amides is 1. The topological polar surface area (TPSA) is 68.0 Å². The van der Waals surface area contributed by atoms with Crippen LogP contribution in [0.25, 0.3) is 11.3 Å². The van der Waals surface area contributed by atoms with Crippen molar-refractivity contribution in [3.8, 4) is 11.3 Å². The maximum atomic E-state index is 12.0. The highest BCUT2D eigenvalue weighted by molar-refractivity contribution is 6.30. The number of carbonyl (C=O) groups excluding carboxylic acids is 1. The van der Waals surface area contributed by atoms with Crippen LogP contribution in [0.3, 0.4) is 0 Å². The maximum absolute atomic E-state index is 12.0. The summed E-state index contributed by atoms with van der Waals surface area (Å²) in [5.74, 6) is 0.356. The molecule has 5 nitrogen and oxygen atoms in total. The van der Waals surface area contributed by atoms with E-state index >= 15 is 0 Å². The van der Waals surface area contributed by atoms with Gasteiger partial charge in [-0.05, 0) is 36.4 Å². The first kappa shape index (κ1) is 13.3. The molecule has 21 heavy (non-hydrogen) atoms. The Bertz CT molecular complexity index is 755. The van der Waals surface area contributed by atoms with E-state index in [1.807, 2.05) is 12.1 Å². The van der Waals surface area contributed by atoms with Crippen molar-refractivity contribution in [2.75, 3.05) is 5.32 Å². The number of hydrogen-bond donors (Lipinski definition) is 1. The van der Waals surface area contributed by atoms with E-state index in [1.54, 1.807) is 24.4 Å². The molecule has 0 aliphatic carbocycles. The molecule has 104 valence electrons. The largest absolute Gasteiger partial charge is 0.444 e. The number of oxazole rings is 1. The average Bonchev–Trinajstić information content (AvgIpc) is 3.02. The molecule has 0 fully saturated rings. The van der Waals surface area contributed by atoms with Crippen molar-refractivity contribution in [2.45, 2.75) is 0 Å². The molecule has 2 aromatic heterocycles. The third-order valence-electron chi connectivity index (χ3n) is 2.81. The van der Waals surface area contributed by atoms with Crippen LogP contribution in [0.2, 0.25) is 5.02 Å². The van der Waals surface area contributed by atoms with Gasteiger partial charge in [-0.15, -0.1) is 0 Å². The lowest BCUT2D eigenvalue weighted by Crippen LogP contribution is -2.13. The molecule has 0 saturated heterocycles. The van der Waals surface area contributed by atoms with Crippen molar-refractivity contribution in [3.63, 3.8) is 0 Å². The van der Waals surface area contributed by atoms with Crippen molar-refractivity contribution in [2.24, 2.45) is 0 Å². The summed E-state index contributed by atoms with van der Waals surface area (Å²) >= 11 is 5.83. The van der Waals surface area contributed by atoms with Gasteiger partial charge < -0.3 is 9.73 Å². The molecular formula is C15H10ClN3O2. The first-order valence-electron chi connectivity index (χ1n) is 6.14. The normalized spacial score (nSPS) is 10.3. The van der Waals surface area contributed by atoms with E-state index in [-0.39, 0.29) is 11.6 Å². The Labute approximate surface area is 125 Å². The van der Waals surface area contributed by atoms with Crippen molar-refractivity contribution in [3.05, 3.63) is 65.9 Å². The SMILES string of the molecule is O=C(Nc1ccc(-c2cnco2)cc1)c1cc(Cl)ccn1. The van der Waals surface area contributed by atoms with Gasteiger partial charge in [0.15, 0.2) is 12.2 Å². The van der Waals surface area contributed by atoms with Gasteiger partial charge in [0.05, 0.1) is 6.20 Å². The van der Waals surface area contributed by atoms with Crippen molar-refractivity contribution in [1.29, 1.82) is 0 Å². The van der Waals surface area contributed by atoms with E-state index in [1.165, 1.54) is 18.7 Å². The Hall–Kier alpha value is -2.66. The predicted molar refractivity (Wildman–Crippen MR) is 79.1 cm³/mol. The molecule has 2 heterocycles. The molecule has 0 aliphatic heterocycles. The number of aromatic nitrogens is 2. The van der Waals surface area contributed by atoms with E-state index in [0.29, 0.717) is 16.5 Å². The van der Waals surface area contributed by atoms with Gasteiger partial charge in [-0.1, -0.05) is 11.6 Å². The fraction of sp³-hybridized carbons (Fsp3) is 0. The van der Waals surface area contributed by atoms with Crippen LogP contribution in [-0.4, -0.2) is 15.9 Å². The van der Waals surface area contributed by atoms with Crippen molar-refractivity contribution in [1.82, 2.24) is 9.97 Å². The molecule has 1 aromatic carbocycles. The molecule has 0 unspecified atom stereocenters. The minimum absolute atomic E-state index is 0.266. The van der Waals surface area contributed by atoms with Crippen molar-refractivity contribution < 1.29 is 9.21 Å². The Balaban J connectivity index is 1.75. The Kier molecular flexibility index (Phi) is 3.66. The molecule has 6 heteroatoms. The van der Waals surface area contributed by atoms with E-state index in [4.69, 9.17) is 16.0 Å². The molecule has 0 spiro atoms. The van der Waals surface area contributed by atoms with Gasteiger partial charge in [-0.2, -0.15) is 0 Å². The van der Waals surface area contributed by atoms with Crippen LogP contribution in [0.15, 0.2) is 59.6 Å². The molecule has 3 rings (SSSR count). The molecule has 0 saturated carbocycles. The van der Waals surface area contributed by atoms with Crippen LogP contribution < -0.4 is 5.32 Å². The first-order valence-corrected chi connectivity index (χ1v) is 6.52. The highest BCUT2D eigenvalue weighted by Crippen LogP contribution is 2.21. The number of carbonyl (C=O) groups is 1. The van der Waals surface area contributed by atoms with Gasteiger partial charge in [-0.3, -0.25) is 9.78 Å². The standard InChI is InChI=1S/C15H10ClN3O2/c16-11-5-6-18-13(7-11)15(20)19-12-3-1-10(2-4-12)14-8-17-9-21-14/h1-9H,(H,19,20). The number of rotatable bonds is 3. The summed E-state index contributed by atoms with van der Waals surface area (Å²) in [6.45, 7) is 0. The van der Waals surface area contributed by atoms with Crippen molar-refractivity contribution >= 4 is 23.2 Å². The molecule has 0 bridgehead atoms. The maximum Gasteiger partial charge on any atom is 0.274 e. The number of hydrogen-bond acceptors (Lipinski definition) is 4. The summed E-state index contributed by atoms with van der Waals surface area (Å²) in [5, 5.41) is 3.22. The zero-order chi connectivity index (χ0) is 14.7. The number of nitrogens with zero attached hydrogens (tertiary/aromatic N) is 2. The summed E-state index contributed by atoms with van der Waals surface area (Å²) in [7, 11) is 0. The number of nitrogens with one attached hydrogen (secondary N) is 1. The minimum Gasteiger partial charge on any atom is -0.444 e. The number of halogens is 1. The summed E-state index contributed by atoms with van der Waals surface area (Å²) in [5.41, 5.74) is 1.80. The monoisotopic (exact) mass is 299 g/mol. The Morgan fingerprint density at radius 1 is 1.19 bits per heavy atom. The van der Waals surface area contributed by atoms with Gasteiger partial charge in [0.2, 0.25) is 0 Å². The van der Waals surface area contributed by atoms with E-state index < -0.39 is 0 Å². The van der Waals surface area contributed by atoms with Gasteiger partial charge in [-0.25, -0.2) is 4.98 Å². The molecule has 0 aliphatic rings. The minimum atomic E-state index is -0.315. The van der Waals surface area contributed by atoms with Crippen LogP contribution >= 0.6 is 11.6 Å². The Morgan fingerprint density at radius 3 is 2.67 bits per heavy atom. The Morgan fingerprint density at radius 2 is 2.00 bits per heavy atom. The van der Waals surface area contributed by atoms with E-state index in [2.05, 4.69) is 15.3 Å². The van der Waals surface area contributed by atoms with Crippen LogP contribution in [0.1, 0.15) is 10.5 Å². The van der Waals surface area contributed by atoms with E-state index in [9.17, 15) is 4.79 Å². The number of pyridine rings is 1. The number of anilines is 1. The van der Waals surface area contributed by atoms with Crippen LogP contribution in [-0.2, 0) is 0 Å². The summed E-state index contributed by atoms with van der Waals surface area (Å²) in [4.78, 5) is 19.9. The lowest BCUT2D eigenvalue weighted by molar-refractivity contribution is 0.102. The number of benzene rings is 1. The summed E-state index contributed by atoms with van der Waals surface area (Å²) < 4.78 is 5.20. The van der Waals surface area contributed by atoms with Gasteiger partial charge in [0, 0.05) is 22.5 Å². The second-order valence-electron chi connectivity index (χ2n) is 4.26. The summed E-state index contributed by atoms with van der Waals surface area (Å²) in [6.07, 6.45) is 4.49. The third-order valence-corrected chi connectivity index (χ3v) is 3.05. The average molecular weight is 300 g/mol. The predicted octanol–water partition coefficient (Wildman–Crippen LogP) is 3.64. The molecule has 3 aromatic rings. The lowest BCUT2D eigenvalue weighted by atomic mass is 10.1. The van der Waals surface area contributed by atoms with E-state index in [0.717, 1.165) is 5.56 Å². The fourth-order valence-corrected chi connectivity index (χ4v) is 1.96. The fourth-order valence-electron chi connectivity index (χ4n) is 1.80. The highest BCUT2D eigenvalue weighted by atomic mass is 35.5. The van der Waals surface area contributed by atoms with Crippen LogP contribution in [0.5, 0.6) is 0 Å². The zero-order valence-electron chi connectivity index (χ0n) is 10.8. The smallest absolute Gasteiger partial charge is 0.274 e. The second kappa shape index (κ2) is 5.76. The quantitative estimate of drug-likeness (QED) is 0.801. The highest BCUT2D eigenvalue weighted by Gasteiger charge is 2.08. The second-order valence-corrected chi connectivity index (χ2v) is 4.69. The third kappa shape index (κ3) is 3.09. The summed E-state index contributed by atoms with van der Waals surface area (Å²) in [6, 6.07) is 10.4. The first-order chi connectivity index (χ1) is 10.2. The van der Waals surface area contributed by atoms with Gasteiger partial charge in [0.25, 0.3) is 5.91 Å². The van der Waals surface area contributed by atoms with Gasteiger partial charge >= 0.3 is 0 Å². The van der Waals surface area contributed by atoms with Gasteiger partial charge in [0.1, 0.15) is 5.69 Å². The molecule has 0 atom stereocenters. The lowest BCUT2D eigenvalue weighted by Gasteiger charge is -2.05. The van der Waals surface area contributed by atoms with Crippen LogP contribution in [0.4, 0.5) is 5.69 Å². The molecule has 0 radical (unpaired) electrons. The molecular weight excluding hydrogens is 290 g/mol. The molecule has 1 N–H and O–H groups in total.